The van der Waals surface area contributed by atoms with Crippen LogP contribution in [0.4, 0.5) is 5.69 Å². The van der Waals surface area contributed by atoms with E-state index in [0.717, 1.165) is 23.4 Å². The Balaban J connectivity index is 2.20. The molecule has 0 fully saturated rings. The Morgan fingerprint density at radius 2 is 1.79 bits per heavy atom. The highest BCUT2D eigenvalue weighted by Crippen LogP contribution is 2.16. The van der Waals surface area contributed by atoms with Gasteiger partial charge >= 0.3 is 0 Å². The Morgan fingerprint density at radius 1 is 1.12 bits per heavy atom. The second-order valence-electron chi connectivity index (χ2n) is 6.01. The first-order valence-corrected chi connectivity index (χ1v) is 8.34. The minimum absolute atomic E-state index is 0.00830. The van der Waals surface area contributed by atoms with Crippen LogP contribution in [0.15, 0.2) is 30.5 Å². The molecule has 128 valence electrons. The number of amides is 1. The number of carbonyl (C=O) groups excluding carboxylic acids is 1. The second-order valence-corrected chi connectivity index (χ2v) is 6.01. The van der Waals surface area contributed by atoms with Gasteiger partial charge in [0, 0.05) is 39.1 Å². The van der Waals surface area contributed by atoms with Gasteiger partial charge in [-0.1, -0.05) is 19.1 Å². The van der Waals surface area contributed by atoms with Crippen LogP contribution in [-0.2, 0) is 13.0 Å². The molecular formula is C19H26N4O. The summed E-state index contributed by atoms with van der Waals surface area (Å²) < 4.78 is 0. The maximum atomic E-state index is 12.9. The second kappa shape index (κ2) is 7.90. The van der Waals surface area contributed by atoms with Crippen LogP contribution in [0.5, 0.6) is 0 Å². The number of anilines is 1. The lowest BCUT2D eigenvalue weighted by Crippen LogP contribution is -2.31. The normalized spacial score (nSPS) is 10.5. The molecule has 0 spiro atoms. The van der Waals surface area contributed by atoms with E-state index in [9.17, 15) is 4.79 Å². The number of nitrogens with zero attached hydrogens (tertiary/aromatic N) is 4. The van der Waals surface area contributed by atoms with Gasteiger partial charge in [-0.25, -0.2) is 9.97 Å². The van der Waals surface area contributed by atoms with Gasteiger partial charge in [0.15, 0.2) is 0 Å². The zero-order valence-electron chi connectivity index (χ0n) is 15.2. The topological polar surface area (TPSA) is 49.3 Å². The number of rotatable bonds is 6. The lowest BCUT2D eigenvalue weighted by atomic mass is 10.1. The van der Waals surface area contributed by atoms with E-state index in [1.807, 2.05) is 39.8 Å². The van der Waals surface area contributed by atoms with Gasteiger partial charge in [0.05, 0.1) is 11.3 Å². The molecule has 0 saturated heterocycles. The SMILES string of the molecule is CCc1nc(C)ncc1C(=O)N(CC)Cc1ccc(N(C)C)cc1. The molecule has 0 atom stereocenters. The van der Waals surface area contributed by atoms with E-state index in [1.165, 1.54) is 0 Å². The summed E-state index contributed by atoms with van der Waals surface area (Å²) in [4.78, 5) is 25.4. The zero-order chi connectivity index (χ0) is 17.7. The fourth-order valence-corrected chi connectivity index (χ4v) is 2.58. The molecule has 1 heterocycles. The van der Waals surface area contributed by atoms with Crippen molar-refractivity contribution in [2.45, 2.75) is 33.7 Å². The minimum Gasteiger partial charge on any atom is -0.378 e. The average molecular weight is 326 g/mol. The summed E-state index contributed by atoms with van der Waals surface area (Å²) in [6.45, 7) is 7.07. The highest BCUT2D eigenvalue weighted by Gasteiger charge is 2.19. The van der Waals surface area contributed by atoms with E-state index in [0.29, 0.717) is 24.5 Å². The van der Waals surface area contributed by atoms with Crippen molar-refractivity contribution < 1.29 is 4.79 Å². The number of benzene rings is 1. The molecule has 24 heavy (non-hydrogen) atoms. The molecule has 0 N–H and O–H groups in total. The molecule has 5 nitrogen and oxygen atoms in total. The van der Waals surface area contributed by atoms with Gasteiger partial charge in [-0.2, -0.15) is 0 Å². The largest absolute Gasteiger partial charge is 0.378 e. The van der Waals surface area contributed by atoms with Crippen LogP contribution in [0.1, 0.15) is 41.3 Å². The van der Waals surface area contributed by atoms with Gasteiger partial charge in [0.1, 0.15) is 5.82 Å². The highest BCUT2D eigenvalue weighted by molar-refractivity contribution is 5.95. The number of carbonyl (C=O) groups is 1. The molecule has 0 radical (unpaired) electrons. The number of aryl methyl sites for hydroxylation is 2. The van der Waals surface area contributed by atoms with Crippen LogP contribution in [0, 0.1) is 6.92 Å². The molecule has 1 amide bonds. The third-order valence-electron chi connectivity index (χ3n) is 4.05. The minimum atomic E-state index is -0.00830. The van der Waals surface area contributed by atoms with Gasteiger partial charge < -0.3 is 9.80 Å². The molecule has 5 heteroatoms. The van der Waals surface area contributed by atoms with Gasteiger partial charge in [0.2, 0.25) is 0 Å². The van der Waals surface area contributed by atoms with Crippen LogP contribution in [0.2, 0.25) is 0 Å². The van der Waals surface area contributed by atoms with Gasteiger partial charge in [0.25, 0.3) is 5.91 Å². The summed E-state index contributed by atoms with van der Waals surface area (Å²) in [6, 6.07) is 8.27. The maximum Gasteiger partial charge on any atom is 0.257 e. The Bertz CT molecular complexity index is 695. The summed E-state index contributed by atoms with van der Waals surface area (Å²) in [6.07, 6.45) is 2.38. The molecule has 0 unspecified atom stereocenters. The van der Waals surface area contributed by atoms with Crippen molar-refractivity contribution in [3.05, 3.63) is 53.1 Å². The van der Waals surface area contributed by atoms with E-state index >= 15 is 0 Å². The van der Waals surface area contributed by atoms with E-state index in [4.69, 9.17) is 0 Å². The van der Waals surface area contributed by atoms with E-state index < -0.39 is 0 Å². The fourth-order valence-electron chi connectivity index (χ4n) is 2.58. The lowest BCUT2D eigenvalue weighted by molar-refractivity contribution is 0.0750. The first-order chi connectivity index (χ1) is 11.5. The van der Waals surface area contributed by atoms with Crippen LogP contribution in [0.25, 0.3) is 0 Å². The molecule has 0 aliphatic rings. The van der Waals surface area contributed by atoms with Crippen molar-refractivity contribution in [3.63, 3.8) is 0 Å². The van der Waals surface area contributed by atoms with Crippen molar-refractivity contribution in [3.8, 4) is 0 Å². The monoisotopic (exact) mass is 326 g/mol. The van der Waals surface area contributed by atoms with E-state index in [1.54, 1.807) is 6.20 Å². The smallest absolute Gasteiger partial charge is 0.257 e. The Labute approximate surface area is 144 Å². The quantitative estimate of drug-likeness (QED) is 0.818. The summed E-state index contributed by atoms with van der Waals surface area (Å²) in [5.74, 6) is 0.691. The first-order valence-electron chi connectivity index (χ1n) is 8.34. The zero-order valence-corrected chi connectivity index (χ0v) is 15.2. The first kappa shape index (κ1) is 17.9. The number of hydrogen-bond donors (Lipinski definition) is 0. The molecule has 0 aliphatic carbocycles. The van der Waals surface area contributed by atoms with Crippen molar-refractivity contribution in [1.29, 1.82) is 0 Å². The predicted octanol–water partition coefficient (Wildman–Crippen LogP) is 3.08. The molecule has 0 bridgehead atoms. The van der Waals surface area contributed by atoms with Crippen molar-refractivity contribution in [2.75, 3.05) is 25.5 Å². The van der Waals surface area contributed by atoms with Crippen molar-refractivity contribution in [1.82, 2.24) is 14.9 Å². The lowest BCUT2D eigenvalue weighted by Gasteiger charge is -2.22. The third-order valence-corrected chi connectivity index (χ3v) is 4.05. The molecule has 0 aliphatic heterocycles. The van der Waals surface area contributed by atoms with Crippen LogP contribution in [0.3, 0.4) is 0 Å². The van der Waals surface area contributed by atoms with Crippen molar-refractivity contribution >= 4 is 11.6 Å². The molecule has 0 saturated carbocycles. The summed E-state index contributed by atoms with van der Waals surface area (Å²) >= 11 is 0. The Kier molecular flexibility index (Phi) is 5.90. The standard InChI is InChI=1S/C19H26N4O/c1-6-18-17(12-20-14(3)21-18)19(24)23(7-2)13-15-8-10-16(11-9-15)22(4)5/h8-12H,6-7,13H2,1-5H3. The van der Waals surface area contributed by atoms with Gasteiger partial charge in [-0.05, 0) is 38.0 Å². The fraction of sp³-hybridized carbons (Fsp3) is 0.421. The van der Waals surface area contributed by atoms with Crippen LogP contribution < -0.4 is 4.90 Å². The average Bonchev–Trinajstić information content (AvgIpc) is 2.59. The predicted molar refractivity (Wildman–Crippen MR) is 97.3 cm³/mol. The highest BCUT2D eigenvalue weighted by atomic mass is 16.2. The summed E-state index contributed by atoms with van der Waals surface area (Å²) in [7, 11) is 4.03. The van der Waals surface area contributed by atoms with Gasteiger partial charge in [-0.3, -0.25) is 4.79 Å². The molecule has 1 aromatic heterocycles. The summed E-state index contributed by atoms with van der Waals surface area (Å²) in [5, 5.41) is 0. The molecule has 1 aromatic carbocycles. The van der Waals surface area contributed by atoms with E-state index in [2.05, 4.69) is 39.1 Å². The molecule has 2 rings (SSSR count). The molecule has 2 aromatic rings. The number of hydrogen-bond acceptors (Lipinski definition) is 4. The maximum absolute atomic E-state index is 12.9. The third kappa shape index (κ3) is 4.10. The Morgan fingerprint density at radius 3 is 2.33 bits per heavy atom. The van der Waals surface area contributed by atoms with Crippen LogP contribution >= 0.6 is 0 Å². The van der Waals surface area contributed by atoms with E-state index in [-0.39, 0.29) is 5.91 Å². The molecular weight excluding hydrogens is 300 g/mol. The van der Waals surface area contributed by atoms with Gasteiger partial charge in [-0.15, -0.1) is 0 Å². The van der Waals surface area contributed by atoms with Crippen LogP contribution in [-0.4, -0.2) is 41.4 Å². The number of aromatic nitrogens is 2. The Hall–Kier alpha value is -2.43. The summed E-state index contributed by atoms with van der Waals surface area (Å²) in [5.41, 5.74) is 3.68. The van der Waals surface area contributed by atoms with Crippen molar-refractivity contribution in [2.24, 2.45) is 0 Å².